The number of benzene rings is 1. The maximum absolute atomic E-state index is 9.70. The number of nitrogens with zero attached hydrogens (tertiary/aromatic N) is 1. The van der Waals surface area contributed by atoms with Crippen molar-refractivity contribution in [2.45, 2.75) is 32.4 Å². The fourth-order valence-electron chi connectivity index (χ4n) is 1.58. The Kier molecular flexibility index (Phi) is 3.94. The molecule has 1 aromatic rings. The predicted molar refractivity (Wildman–Crippen MR) is 66.6 cm³/mol. The Morgan fingerprint density at radius 1 is 1.31 bits per heavy atom. The van der Waals surface area contributed by atoms with E-state index < -0.39 is 6.10 Å². The van der Waals surface area contributed by atoms with Gasteiger partial charge < -0.3 is 15.1 Å². The molecule has 0 amide bonds. The van der Waals surface area contributed by atoms with E-state index in [1.54, 1.807) is 6.92 Å². The van der Waals surface area contributed by atoms with Crippen molar-refractivity contribution in [3.63, 3.8) is 0 Å². The number of likely N-dealkylation sites (N-methyl/N-ethyl adjacent to an activating group) is 1. The molecule has 0 aliphatic carbocycles. The normalized spacial score (nSPS) is 13.6. The van der Waals surface area contributed by atoms with E-state index in [0.29, 0.717) is 0 Å². The molecule has 0 aliphatic heterocycles. The molecule has 0 aromatic heterocycles. The number of anilines is 1. The van der Waals surface area contributed by atoms with Gasteiger partial charge in [-0.15, -0.1) is 0 Å². The van der Waals surface area contributed by atoms with Crippen molar-refractivity contribution >= 4 is 5.69 Å². The predicted octanol–water partition coefficient (Wildman–Crippen LogP) is 1.95. The first-order chi connectivity index (χ1) is 7.40. The van der Waals surface area contributed by atoms with Crippen LogP contribution in [0.4, 0.5) is 5.69 Å². The van der Waals surface area contributed by atoms with Gasteiger partial charge in [0.25, 0.3) is 0 Å². The van der Waals surface area contributed by atoms with Crippen LogP contribution in [0.3, 0.4) is 0 Å². The summed E-state index contributed by atoms with van der Waals surface area (Å²) in [5.74, 6) is 0. The van der Waals surface area contributed by atoms with Crippen LogP contribution in [0, 0.1) is 0 Å². The number of aliphatic hydroxyl groups excluding tert-OH is 2. The lowest BCUT2D eigenvalue weighted by Crippen LogP contribution is -2.44. The van der Waals surface area contributed by atoms with Gasteiger partial charge in [-0.05, 0) is 26.8 Å². The molecular weight excluding hydrogens is 202 g/mol. The molecule has 1 aromatic carbocycles. The molecule has 1 atom stereocenters. The third-order valence-corrected chi connectivity index (χ3v) is 3.04. The third-order valence-electron chi connectivity index (χ3n) is 3.04. The lowest BCUT2D eigenvalue weighted by Gasteiger charge is -2.37. The Balaban J connectivity index is 3.13. The zero-order valence-corrected chi connectivity index (χ0v) is 10.4. The first-order valence-electron chi connectivity index (χ1n) is 5.52. The average molecular weight is 223 g/mol. The Morgan fingerprint density at radius 3 is 2.38 bits per heavy atom. The van der Waals surface area contributed by atoms with Crippen LogP contribution >= 0.6 is 0 Å². The van der Waals surface area contributed by atoms with Crippen molar-refractivity contribution in [3.8, 4) is 0 Å². The number of rotatable bonds is 4. The van der Waals surface area contributed by atoms with Crippen molar-refractivity contribution in [3.05, 3.63) is 29.8 Å². The van der Waals surface area contributed by atoms with Gasteiger partial charge >= 0.3 is 0 Å². The Labute approximate surface area is 97.3 Å². The summed E-state index contributed by atoms with van der Waals surface area (Å²) in [6.45, 7) is 5.74. The largest absolute Gasteiger partial charge is 0.394 e. The van der Waals surface area contributed by atoms with Gasteiger partial charge in [0, 0.05) is 18.3 Å². The van der Waals surface area contributed by atoms with E-state index in [9.17, 15) is 10.2 Å². The van der Waals surface area contributed by atoms with E-state index in [-0.39, 0.29) is 12.1 Å². The van der Waals surface area contributed by atoms with Gasteiger partial charge in [0.2, 0.25) is 0 Å². The fourth-order valence-corrected chi connectivity index (χ4v) is 1.58. The minimum atomic E-state index is -0.506. The highest BCUT2D eigenvalue weighted by Gasteiger charge is 2.24. The number of para-hydroxylation sites is 1. The highest BCUT2D eigenvalue weighted by molar-refractivity contribution is 5.55. The van der Waals surface area contributed by atoms with Crippen LogP contribution in [0.25, 0.3) is 0 Å². The molecule has 0 saturated heterocycles. The SMILES string of the molecule is C[C@H](O)c1ccccc1N(C)C(C)(C)CO. The summed E-state index contributed by atoms with van der Waals surface area (Å²) in [4.78, 5) is 2.00. The van der Waals surface area contributed by atoms with Crippen molar-refractivity contribution in [1.82, 2.24) is 0 Å². The quantitative estimate of drug-likeness (QED) is 0.820. The first kappa shape index (κ1) is 13.0. The van der Waals surface area contributed by atoms with Crippen LogP contribution in [0.5, 0.6) is 0 Å². The summed E-state index contributed by atoms with van der Waals surface area (Å²) in [6.07, 6.45) is -0.506. The standard InChI is InChI=1S/C13H21NO2/c1-10(16)11-7-5-6-8-12(11)14(4)13(2,3)9-15/h5-8,10,15-16H,9H2,1-4H3/t10-/m0/s1. The lowest BCUT2D eigenvalue weighted by atomic mass is 10.0. The summed E-state index contributed by atoms with van der Waals surface area (Å²) in [6, 6.07) is 7.71. The molecule has 0 spiro atoms. The molecule has 3 heteroatoms. The van der Waals surface area contributed by atoms with Crippen LogP contribution in [0.1, 0.15) is 32.4 Å². The van der Waals surface area contributed by atoms with E-state index in [2.05, 4.69) is 0 Å². The maximum Gasteiger partial charge on any atom is 0.0781 e. The maximum atomic E-state index is 9.70. The van der Waals surface area contributed by atoms with E-state index >= 15 is 0 Å². The van der Waals surface area contributed by atoms with Gasteiger partial charge in [-0.2, -0.15) is 0 Å². The molecule has 3 nitrogen and oxygen atoms in total. The minimum absolute atomic E-state index is 0.0671. The molecule has 0 aliphatic rings. The monoisotopic (exact) mass is 223 g/mol. The number of hydrogen-bond acceptors (Lipinski definition) is 3. The summed E-state index contributed by atoms with van der Waals surface area (Å²) >= 11 is 0. The van der Waals surface area contributed by atoms with Crippen molar-refractivity contribution in [1.29, 1.82) is 0 Å². The highest BCUT2D eigenvalue weighted by atomic mass is 16.3. The van der Waals surface area contributed by atoms with Gasteiger partial charge in [-0.3, -0.25) is 0 Å². The van der Waals surface area contributed by atoms with Crippen molar-refractivity contribution < 1.29 is 10.2 Å². The summed E-state index contributed by atoms with van der Waals surface area (Å²) in [5, 5.41) is 19.1. The second kappa shape index (κ2) is 4.85. The zero-order valence-electron chi connectivity index (χ0n) is 10.4. The van der Waals surface area contributed by atoms with Crippen molar-refractivity contribution in [2.75, 3.05) is 18.6 Å². The fraction of sp³-hybridized carbons (Fsp3) is 0.538. The first-order valence-corrected chi connectivity index (χ1v) is 5.52. The molecule has 0 saturated carbocycles. The summed E-state index contributed by atoms with van der Waals surface area (Å²) < 4.78 is 0. The average Bonchev–Trinajstić information content (AvgIpc) is 2.28. The van der Waals surface area contributed by atoms with Gasteiger partial charge in [-0.1, -0.05) is 18.2 Å². The molecule has 0 bridgehead atoms. The molecule has 0 radical (unpaired) electrons. The van der Waals surface area contributed by atoms with Gasteiger partial charge in [0.1, 0.15) is 0 Å². The van der Waals surface area contributed by atoms with Crippen LogP contribution < -0.4 is 4.90 Å². The van der Waals surface area contributed by atoms with Crippen LogP contribution in [-0.2, 0) is 0 Å². The zero-order chi connectivity index (χ0) is 12.3. The topological polar surface area (TPSA) is 43.7 Å². The molecule has 2 N–H and O–H groups in total. The molecule has 0 unspecified atom stereocenters. The Hall–Kier alpha value is -1.06. The molecule has 0 heterocycles. The number of hydrogen-bond donors (Lipinski definition) is 2. The summed E-state index contributed by atoms with van der Waals surface area (Å²) in [5.41, 5.74) is 1.49. The van der Waals surface area contributed by atoms with Crippen molar-refractivity contribution in [2.24, 2.45) is 0 Å². The van der Waals surface area contributed by atoms with E-state index in [1.807, 2.05) is 50.1 Å². The molecule has 90 valence electrons. The van der Waals surface area contributed by atoms with E-state index in [1.165, 1.54) is 0 Å². The van der Waals surface area contributed by atoms with Gasteiger partial charge in [0.05, 0.1) is 18.2 Å². The summed E-state index contributed by atoms with van der Waals surface area (Å²) in [7, 11) is 1.93. The molecule has 16 heavy (non-hydrogen) atoms. The van der Waals surface area contributed by atoms with Crippen LogP contribution in [0.15, 0.2) is 24.3 Å². The van der Waals surface area contributed by atoms with Gasteiger partial charge in [-0.25, -0.2) is 0 Å². The minimum Gasteiger partial charge on any atom is -0.394 e. The molecule has 1 rings (SSSR count). The van der Waals surface area contributed by atoms with Crippen LogP contribution in [-0.4, -0.2) is 29.4 Å². The highest BCUT2D eigenvalue weighted by Crippen LogP contribution is 2.29. The Bertz CT molecular complexity index is 348. The van der Waals surface area contributed by atoms with Gasteiger partial charge in [0.15, 0.2) is 0 Å². The second-order valence-corrected chi connectivity index (χ2v) is 4.76. The number of aliphatic hydroxyl groups is 2. The van der Waals surface area contributed by atoms with Crippen LogP contribution in [0.2, 0.25) is 0 Å². The third kappa shape index (κ3) is 2.54. The molecule has 0 fully saturated rings. The Morgan fingerprint density at radius 2 is 1.88 bits per heavy atom. The van der Waals surface area contributed by atoms with E-state index in [4.69, 9.17) is 0 Å². The molecular formula is C13H21NO2. The lowest BCUT2D eigenvalue weighted by molar-refractivity contribution is 0.196. The second-order valence-electron chi connectivity index (χ2n) is 4.76. The van der Waals surface area contributed by atoms with E-state index in [0.717, 1.165) is 11.3 Å². The smallest absolute Gasteiger partial charge is 0.0781 e.